The lowest BCUT2D eigenvalue weighted by atomic mass is 10.1. The smallest absolute Gasteiger partial charge is 0.237 e. The number of hydrogen-bond donors (Lipinski definition) is 2. The quantitative estimate of drug-likeness (QED) is 0.501. The first-order valence-electron chi connectivity index (χ1n) is 12.3. The van der Waals surface area contributed by atoms with Gasteiger partial charge < -0.3 is 10.6 Å². The van der Waals surface area contributed by atoms with Crippen LogP contribution in [0.15, 0.2) is 84.2 Å². The monoisotopic (exact) mass is 486 g/mol. The molecule has 0 unspecified atom stereocenters. The minimum Gasteiger partial charge on any atom is -0.351 e. The molecular formula is C29H31ClN4O. The van der Waals surface area contributed by atoms with Gasteiger partial charge in [-0.05, 0) is 53.7 Å². The van der Waals surface area contributed by atoms with Crippen molar-refractivity contribution >= 4 is 23.6 Å². The number of carbonyl (C=O) groups excluding carboxylic acids is 1. The molecule has 0 spiro atoms. The normalized spacial score (nSPS) is 20.7. The van der Waals surface area contributed by atoms with Crippen LogP contribution in [0.25, 0.3) is 6.08 Å². The summed E-state index contributed by atoms with van der Waals surface area (Å²) < 4.78 is 0. The second-order valence-corrected chi connectivity index (χ2v) is 9.92. The van der Waals surface area contributed by atoms with Crippen LogP contribution in [0.3, 0.4) is 0 Å². The van der Waals surface area contributed by atoms with E-state index in [0.29, 0.717) is 19.1 Å². The molecule has 1 fully saturated rings. The van der Waals surface area contributed by atoms with Crippen LogP contribution < -0.4 is 10.6 Å². The molecule has 5 nitrogen and oxygen atoms in total. The molecule has 1 amide bonds. The number of carbonyl (C=O) groups is 1. The number of aromatic nitrogens is 1. The van der Waals surface area contributed by atoms with Crippen molar-refractivity contribution < 1.29 is 4.79 Å². The molecule has 6 heteroatoms. The maximum Gasteiger partial charge on any atom is 0.237 e. The number of nitrogens with one attached hydrogen (secondary N) is 2. The largest absolute Gasteiger partial charge is 0.351 e. The number of likely N-dealkylation sites (tertiary alicyclic amines) is 1. The minimum atomic E-state index is -0.166. The summed E-state index contributed by atoms with van der Waals surface area (Å²) in [6.07, 6.45) is 8.28. The Labute approximate surface area is 212 Å². The highest BCUT2D eigenvalue weighted by atomic mass is 35.5. The maximum absolute atomic E-state index is 13.3. The summed E-state index contributed by atoms with van der Waals surface area (Å²) in [7, 11) is 0. The Kier molecular flexibility index (Phi) is 7.57. The van der Waals surface area contributed by atoms with Gasteiger partial charge in [0.05, 0.1) is 6.04 Å². The molecule has 35 heavy (non-hydrogen) atoms. The zero-order valence-corrected chi connectivity index (χ0v) is 20.5. The van der Waals surface area contributed by atoms with Gasteiger partial charge in [-0.1, -0.05) is 72.3 Å². The second-order valence-electron chi connectivity index (χ2n) is 9.44. The summed E-state index contributed by atoms with van der Waals surface area (Å²) >= 11 is 6.53. The molecule has 2 heterocycles. The van der Waals surface area contributed by atoms with Gasteiger partial charge in [-0.15, -0.1) is 0 Å². The number of benzene rings is 2. The van der Waals surface area contributed by atoms with Gasteiger partial charge >= 0.3 is 0 Å². The van der Waals surface area contributed by atoms with Gasteiger partial charge in [0.1, 0.15) is 0 Å². The van der Waals surface area contributed by atoms with E-state index >= 15 is 0 Å². The van der Waals surface area contributed by atoms with E-state index < -0.39 is 0 Å². The molecule has 1 saturated heterocycles. The molecule has 2 N–H and O–H groups in total. The summed E-state index contributed by atoms with van der Waals surface area (Å²) in [5.41, 5.74) is 4.89. The van der Waals surface area contributed by atoms with Crippen LogP contribution in [0.4, 0.5) is 0 Å². The van der Waals surface area contributed by atoms with Gasteiger partial charge in [-0.2, -0.15) is 0 Å². The molecule has 2 aliphatic rings. The summed E-state index contributed by atoms with van der Waals surface area (Å²) in [5, 5.41) is 7.52. The Balaban J connectivity index is 1.25. The number of pyridine rings is 1. The predicted octanol–water partition coefficient (Wildman–Crippen LogP) is 4.18. The summed E-state index contributed by atoms with van der Waals surface area (Å²) in [4.78, 5) is 19.9. The first-order valence-corrected chi connectivity index (χ1v) is 12.7. The Hall–Kier alpha value is -2.99. The van der Waals surface area contributed by atoms with Crippen molar-refractivity contribution in [2.45, 2.75) is 43.9 Å². The number of hydrogen-bond acceptors (Lipinski definition) is 4. The number of amides is 1. The third kappa shape index (κ3) is 5.99. The zero-order chi connectivity index (χ0) is 24.0. The van der Waals surface area contributed by atoms with Crippen LogP contribution in [0, 0.1) is 0 Å². The predicted molar refractivity (Wildman–Crippen MR) is 141 cm³/mol. The third-order valence-electron chi connectivity index (χ3n) is 7.01. The van der Waals surface area contributed by atoms with Crippen LogP contribution in [0.1, 0.15) is 28.7 Å². The summed E-state index contributed by atoms with van der Waals surface area (Å²) in [6.45, 7) is 1.91. The van der Waals surface area contributed by atoms with Gasteiger partial charge in [0.15, 0.2) is 0 Å². The molecule has 180 valence electrons. The number of fused-ring (bicyclic) bond motifs is 1. The van der Waals surface area contributed by atoms with Crippen LogP contribution >= 0.6 is 11.6 Å². The standard InChI is InChI=1S/C29H31ClN4O/c30-25(13-21-7-2-1-3-8-21)19-32-26-16-28(29(35)33-18-22-9-6-12-31-17-22)34(20-26)27-14-23-10-4-5-11-24(23)15-27/h1-13,17,26-28,32H,14-16,18-20H2,(H,33,35)/t26-,28-/m0/s1. The molecule has 0 radical (unpaired) electrons. The van der Waals surface area contributed by atoms with Gasteiger partial charge in [0.2, 0.25) is 5.91 Å². The molecule has 0 saturated carbocycles. The van der Waals surface area contributed by atoms with Crippen LogP contribution in [0.5, 0.6) is 0 Å². The second kappa shape index (κ2) is 11.2. The average molecular weight is 487 g/mol. The minimum absolute atomic E-state index is 0.0834. The fourth-order valence-corrected chi connectivity index (χ4v) is 5.48. The lowest BCUT2D eigenvalue weighted by Crippen LogP contribution is -2.48. The van der Waals surface area contributed by atoms with Crippen molar-refractivity contribution in [2.75, 3.05) is 13.1 Å². The van der Waals surface area contributed by atoms with Gasteiger partial charge in [-0.3, -0.25) is 14.7 Å². The Morgan fingerprint density at radius 3 is 2.49 bits per heavy atom. The first-order chi connectivity index (χ1) is 17.2. The van der Waals surface area contributed by atoms with E-state index in [0.717, 1.165) is 42.0 Å². The van der Waals surface area contributed by atoms with Crippen molar-refractivity contribution in [1.29, 1.82) is 0 Å². The van der Waals surface area contributed by atoms with Gasteiger partial charge in [0, 0.05) is 49.1 Å². The molecule has 1 aromatic heterocycles. The molecule has 2 atom stereocenters. The van der Waals surface area contributed by atoms with Crippen LogP contribution in [0.2, 0.25) is 0 Å². The van der Waals surface area contributed by atoms with E-state index in [9.17, 15) is 4.79 Å². The van der Waals surface area contributed by atoms with E-state index in [1.165, 1.54) is 11.1 Å². The third-order valence-corrected chi connectivity index (χ3v) is 7.26. The van der Waals surface area contributed by atoms with E-state index in [-0.39, 0.29) is 18.0 Å². The van der Waals surface area contributed by atoms with E-state index in [4.69, 9.17) is 11.6 Å². The van der Waals surface area contributed by atoms with Gasteiger partial charge in [-0.25, -0.2) is 0 Å². The Bertz CT molecular complexity index is 1140. The fraction of sp³-hybridized carbons (Fsp3) is 0.310. The number of halogens is 1. The first kappa shape index (κ1) is 23.7. The highest BCUT2D eigenvalue weighted by molar-refractivity contribution is 6.31. The lowest BCUT2D eigenvalue weighted by molar-refractivity contribution is -0.126. The summed E-state index contributed by atoms with van der Waals surface area (Å²) in [5.74, 6) is 0.0834. The Morgan fingerprint density at radius 2 is 1.77 bits per heavy atom. The molecular weight excluding hydrogens is 456 g/mol. The maximum atomic E-state index is 13.3. The van der Waals surface area contributed by atoms with Crippen LogP contribution in [-0.4, -0.2) is 47.0 Å². The van der Waals surface area contributed by atoms with Crippen molar-refractivity contribution in [3.8, 4) is 0 Å². The van der Waals surface area contributed by atoms with E-state index in [1.807, 2.05) is 48.5 Å². The molecule has 2 aromatic carbocycles. The number of nitrogens with zero attached hydrogens (tertiary/aromatic N) is 2. The molecule has 1 aliphatic carbocycles. The average Bonchev–Trinajstić information content (AvgIpc) is 3.52. The topological polar surface area (TPSA) is 57.3 Å². The highest BCUT2D eigenvalue weighted by Gasteiger charge is 2.41. The SMILES string of the molecule is O=C(NCc1cccnc1)[C@@H]1C[C@H](NCC(Cl)=Cc2ccccc2)CN1C1Cc2ccccc2C1. The van der Waals surface area contributed by atoms with Crippen molar-refractivity contribution in [3.63, 3.8) is 0 Å². The van der Waals surface area contributed by atoms with Crippen LogP contribution in [-0.2, 0) is 24.2 Å². The van der Waals surface area contributed by atoms with Gasteiger partial charge in [0.25, 0.3) is 0 Å². The van der Waals surface area contributed by atoms with E-state index in [1.54, 1.807) is 12.4 Å². The molecule has 1 aliphatic heterocycles. The van der Waals surface area contributed by atoms with Crippen molar-refractivity contribution in [3.05, 3.63) is 106 Å². The molecule has 3 aromatic rings. The van der Waals surface area contributed by atoms with E-state index in [2.05, 4.69) is 44.8 Å². The highest BCUT2D eigenvalue weighted by Crippen LogP contribution is 2.31. The Morgan fingerprint density at radius 1 is 1.03 bits per heavy atom. The molecule has 5 rings (SSSR count). The fourth-order valence-electron chi connectivity index (χ4n) is 5.27. The molecule has 0 bridgehead atoms. The van der Waals surface area contributed by atoms with Crippen molar-refractivity contribution in [2.24, 2.45) is 0 Å². The zero-order valence-electron chi connectivity index (χ0n) is 19.7. The van der Waals surface area contributed by atoms with Crippen molar-refractivity contribution in [1.82, 2.24) is 20.5 Å². The number of rotatable bonds is 8. The summed E-state index contributed by atoms with van der Waals surface area (Å²) in [6, 6.07) is 23.0. The lowest BCUT2D eigenvalue weighted by Gasteiger charge is -2.29.